The molecule has 2 heterocycles. The maximum Gasteiger partial charge on any atom is 0.336 e. The lowest BCUT2D eigenvalue weighted by atomic mass is 9.80. The maximum atomic E-state index is 9.44. The molecule has 138 valence electrons. The molecule has 2 aromatic heterocycles. The molecule has 25 heavy (non-hydrogen) atoms. The van der Waals surface area contributed by atoms with Crippen molar-refractivity contribution in [1.82, 2.24) is 19.6 Å². The fourth-order valence-corrected chi connectivity index (χ4v) is 3.81. The van der Waals surface area contributed by atoms with Gasteiger partial charge in [-0.1, -0.05) is 26.2 Å². The molecule has 7 nitrogen and oxygen atoms in total. The van der Waals surface area contributed by atoms with Gasteiger partial charge in [0.25, 0.3) is 0 Å². The Morgan fingerprint density at radius 1 is 1.40 bits per heavy atom. The molecule has 0 aromatic carbocycles. The van der Waals surface area contributed by atoms with Crippen LogP contribution in [0.3, 0.4) is 0 Å². The predicted octanol–water partition coefficient (Wildman–Crippen LogP) is 2.62. The molecule has 1 fully saturated rings. The lowest BCUT2D eigenvalue weighted by molar-refractivity contribution is 0.159. The van der Waals surface area contributed by atoms with E-state index >= 15 is 0 Å². The van der Waals surface area contributed by atoms with E-state index in [1.54, 1.807) is 4.52 Å². The number of imidazole rings is 1. The Balaban J connectivity index is 1.80. The Bertz CT molecular complexity index is 702. The summed E-state index contributed by atoms with van der Waals surface area (Å²) in [6.07, 6.45) is 9.31. The van der Waals surface area contributed by atoms with E-state index in [-0.39, 0.29) is 12.7 Å². The van der Waals surface area contributed by atoms with Crippen molar-refractivity contribution in [3.05, 3.63) is 11.9 Å². The van der Waals surface area contributed by atoms with Gasteiger partial charge in [0.2, 0.25) is 0 Å². The van der Waals surface area contributed by atoms with Gasteiger partial charge < -0.3 is 15.6 Å². The van der Waals surface area contributed by atoms with Crippen LogP contribution in [-0.4, -0.2) is 37.4 Å². The summed E-state index contributed by atoms with van der Waals surface area (Å²) in [6, 6.07) is 0.307. The molecule has 0 bridgehead atoms. The molecule has 0 spiro atoms. The van der Waals surface area contributed by atoms with Gasteiger partial charge in [0, 0.05) is 6.61 Å². The summed E-state index contributed by atoms with van der Waals surface area (Å²) < 4.78 is 7.59. The molecule has 0 aliphatic heterocycles. The third-order valence-electron chi connectivity index (χ3n) is 5.09. The second-order valence-corrected chi connectivity index (χ2v) is 7.27. The first kappa shape index (κ1) is 17.9. The molecule has 7 heteroatoms. The Kier molecular flexibility index (Phi) is 5.73. The van der Waals surface area contributed by atoms with Gasteiger partial charge >= 0.3 is 6.01 Å². The van der Waals surface area contributed by atoms with Crippen LogP contribution < -0.4 is 10.5 Å². The van der Waals surface area contributed by atoms with Crippen LogP contribution in [0.4, 0.5) is 5.82 Å². The van der Waals surface area contributed by atoms with E-state index in [0.717, 1.165) is 37.8 Å². The molecule has 3 N–H and O–H groups in total. The average Bonchev–Trinajstić information content (AvgIpc) is 2.98. The molecule has 0 saturated heterocycles. The number of nitrogen functional groups attached to an aromatic ring is 1. The van der Waals surface area contributed by atoms with E-state index in [2.05, 4.69) is 22.0 Å². The minimum Gasteiger partial charge on any atom is -0.459 e. The smallest absolute Gasteiger partial charge is 0.336 e. The number of nitrogens with two attached hydrogens (primary N) is 1. The van der Waals surface area contributed by atoms with Crippen molar-refractivity contribution in [3.63, 3.8) is 0 Å². The van der Waals surface area contributed by atoms with Gasteiger partial charge in [-0.25, -0.2) is 9.50 Å². The van der Waals surface area contributed by atoms with Crippen LogP contribution in [0.25, 0.3) is 5.65 Å². The van der Waals surface area contributed by atoms with Crippen molar-refractivity contribution in [2.45, 2.75) is 64.9 Å². The summed E-state index contributed by atoms with van der Waals surface area (Å²) in [4.78, 5) is 8.62. The third kappa shape index (κ3) is 4.21. The molecular weight excluding hydrogens is 318 g/mol. The second-order valence-electron chi connectivity index (χ2n) is 7.27. The summed E-state index contributed by atoms with van der Waals surface area (Å²) in [5.74, 6) is 1.31. The molecule has 3 rings (SSSR count). The summed E-state index contributed by atoms with van der Waals surface area (Å²) in [7, 11) is 0. The van der Waals surface area contributed by atoms with Crippen molar-refractivity contribution in [2.24, 2.45) is 11.8 Å². The highest BCUT2D eigenvalue weighted by molar-refractivity contribution is 5.59. The summed E-state index contributed by atoms with van der Waals surface area (Å²) >= 11 is 0. The van der Waals surface area contributed by atoms with Crippen molar-refractivity contribution in [2.75, 3.05) is 12.3 Å². The first-order valence-electron chi connectivity index (χ1n) is 9.38. The number of fused-ring (bicyclic) bond motifs is 1. The van der Waals surface area contributed by atoms with E-state index in [1.165, 1.54) is 12.8 Å². The monoisotopic (exact) mass is 347 g/mol. The highest BCUT2D eigenvalue weighted by Crippen LogP contribution is 2.31. The quantitative estimate of drug-likeness (QED) is 0.799. The number of hydrogen-bond acceptors (Lipinski definition) is 6. The number of anilines is 1. The fraction of sp³-hybridized carbons (Fsp3) is 0.722. The van der Waals surface area contributed by atoms with Gasteiger partial charge in [0.05, 0.1) is 18.0 Å². The maximum absolute atomic E-state index is 9.44. The molecule has 1 saturated carbocycles. The SMILES string of the molecule is CCC[C@H](C)Oc1nc(N)c2ncc(CC3CCCC(CO)C3)n2n1. The van der Waals surface area contributed by atoms with Crippen molar-refractivity contribution >= 4 is 11.5 Å². The Morgan fingerprint density at radius 3 is 2.96 bits per heavy atom. The lowest BCUT2D eigenvalue weighted by Crippen LogP contribution is -2.21. The first-order chi connectivity index (χ1) is 12.1. The largest absolute Gasteiger partial charge is 0.459 e. The van der Waals surface area contributed by atoms with Gasteiger partial charge in [-0.3, -0.25) is 0 Å². The number of hydrogen-bond donors (Lipinski definition) is 2. The zero-order chi connectivity index (χ0) is 17.8. The standard InChI is InChI=1S/C18H29N5O2/c1-3-5-12(2)25-18-21-16(19)17-20-10-15(23(17)22-18)9-13-6-4-7-14(8-13)11-24/h10,12-14,24H,3-9,11H2,1-2H3,(H2,19,21,22)/t12-,13?,14?/m0/s1. The highest BCUT2D eigenvalue weighted by atomic mass is 16.5. The van der Waals surface area contributed by atoms with Crippen LogP contribution in [0.1, 0.15) is 58.1 Å². The van der Waals surface area contributed by atoms with Crippen LogP contribution in [-0.2, 0) is 6.42 Å². The molecule has 1 aliphatic rings. The minimum atomic E-state index is 0.0532. The number of ether oxygens (including phenoxy) is 1. The van der Waals surface area contributed by atoms with Crippen molar-refractivity contribution < 1.29 is 9.84 Å². The van der Waals surface area contributed by atoms with E-state index in [9.17, 15) is 5.11 Å². The number of aliphatic hydroxyl groups is 1. The number of aliphatic hydroxyl groups excluding tert-OH is 1. The van der Waals surface area contributed by atoms with E-state index in [1.807, 2.05) is 13.1 Å². The molecule has 2 aromatic rings. The van der Waals surface area contributed by atoms with Crippen LogP contribution >= 0.6 is 0 Å². The van der Waals surface area contributed by atoms with E-state index in [4.69, 9.17) is 10.5 Å². The van der Waals surface area contributed by atoms with Gasteiger partial charge in [-0.2, -0.15) is 4.98 Å². The molecule has 2 unspecified atom stereocenters. The predicted molar refractivity (Wildman–Crippen MR) is 96.4 cm³/mol. The lowest BCUT2D eigenvalue weighted by Gasteiger charge is -2.27. The molecule has 0 radical (unpaired) electrons. The number of aromatic nitrogens is 4. The van der Waals surface area contributed by atoms with Crippen LogP contribution in [0.5, 0.6) is 6.01 Å². The molecule has 1 aliphatic carbocycles. The Morgan fingerprint density at radius 2 is 2.20 bits per heavy atom. The summed E-state index contributed by atoms with van der Waals surface area (Å²) in [5, 5.41) is 14.0. The molecule has 0 amide bonds. The minimum absolute atomic E-state index is 0.0532. The third-order valence-corrected chi connectivity index (χ3v) is 5.09. The number of nitrogens with zero attached hydrogens (tertiary/aromatic N) is 4. The van der Waals surface area contributed by atoms with E-state index in [0.29, 0.717) is 29.3 Å². The van der Waals surface area contributed by atoms with Gasteiger partial charge in [-0.05, 0) is 44.4 Å². The highest BCUT2D eigenvalue weighted by Gasteiger charge is 2.23. The summed E-state index contributed by atoms with van der Waals surface area (Å²) in [5.41, 5.74) is 7.66. The summed E-state index contributed by atoms with van der Waals surface area (Å²) in [6.45, 7) is 4.42. The van der Waals surface area contributed by atoms with Crippen LogP contribution in [0.15, 0.2) is 6.20 Å². The second kappa shape index (κ2) is 7.99. The van der Waals surface area contributed by atoms with E-state index < -0.39 is 0 Å². The zero-order valence-electron chi connectivity index (χ0n) is 15.2. The first-order valence-corrected chi connectivity index (χ1v) is 9.38. The number of rotatable bonds is 7. The zero-order valence-corrected chi connectivity index (χ0v) is 15.2. The normalized spacial score (nSPS) is 22.2. The Hall–Kier alpha value is -1.89. The molecule has 3 atom stereocenters. The van der Waals surface area contributed by atoms with Crippen LogP contribution in [0, 0.1) is 11.8 Å². The fourth-order valence-electron chi connectivity index (χ4n) is 3.81. The van der Waals surface area contributed by atoms with Gasteiger partial charge in [-0.15, -0.1) is 5.10 Å². The molecular formula is C18H29N5O2. The van der Waals surface area contributed by atoms with Crippen molar-refractivity contribution in [3.8, 4) is 6.01 Å². The van der Waals surface area contributed by atoms with Gasteiger partial charge in [0.15, 0.2) is 11.5 Å². The average molecular weight is 347 g/mol. The van der Waals surface area contributed by atoms with Crippen molar-refractivity contribution in [1.29, 1.82) is 0 Å². The topological polar surface area (TPSA) is 98.6 Å². The Labute approximate surface area is 148 Å². The van der Waals surface area contributed by atoms with Gasteiger partial charge in [0.1, 0.15) is 0 Å². The van der Waals surface area contributed by atoms with Crippen LogP contribution in [0.2, 0.25) is 0 Å².